The van der Waals surface area contributed by atoms with Gasteiger partial charge in [0.25, 0.3) is 15.9 Å². The van der Waals surface area contributed by atoms with Gasteiger partial charge in [-0.3, -0.25) is 9.36 Å². The lowest BCUT2D eigenvalue weighted by Crippen LogP contribution is -2.49. The van der Waals surface area contributed by atoms with Crippen LogP contribution >= 0.6 is 0 Å². The van der Waals surface area contributed by atoms with Crippen LogP contribution in [0, 0.1) is 20.8 Å². The van der Waals surface area contributed by atoms with Crippen molar-refractivity contribution < 1.29 is 13.2 Å². The summed E-state index contributed by atoms with van der Waals surface area (Å²) in [5.41, 5.74) is 4.01. The molecule has 1 amide bonds. The number of anilines is 1. The summed E-state index contributed by atoms with van der Waals surface area (Å²) in [6.07, 6.45) is 1.16. The molecule has 3 aromatic carbocycles. The first kappa shape index (κ1) is 25.5. The van der Waals surface area contributed by atoms with E-state index in [-0.39, 0.29) is 16.5 Å². The predicted octanol–water partition coefficient (Wildman–Crippen LogP) is 3.76. The molecule has 1 aromatic heterocycles. The highest BCUT2D eigenvalue weighted by Gasteiger charge is 2.30. The molecule has 4 aromatic rings. The number of hydrogen-bond acceptors (Lipinski definition) is 5. The van der Waals surface area contributed by atoms with E-state index in [0.29, 0.717) is 35.8 Å². The van der Waals surface area contributed by atoms with E-state index in [4.69, 9.17) is 0 Å². The van der Waals surface area contributed by atoms with E-state index in [1.54, 1.807) is 47.4 Å². The van der Waals surface area contributed by atoms with Gasteiger partial charge in [0.15, 0.2) is 0 Å². The Labute approximate surface area is 222 Å². The number of aromatic nitrogens is 2. The van der Waals surface area contributed by atoms with E-state index in [1.807, 2.05) is 6.92 Å². The van der Waals surface area contributed by atoms with E-state index in [2.05, 4.69) is 36.9 Å². The molecule has 1 aliphatic heterocycles. The fourth-order valence-corrected chi connectivity index (χ4v) is 6.00. The van der Waals surface area contributed by atoms with E-state index in [9.17, 15) is 18.0 Å². The van der Waals surface area contributed by atoms with Crippen molar-refractivity contribution in [2.75, 3.05) is 31.1 Å². The van der Waals surface area contributed by atoms with Gasteiger partial charge in [0.2, 0.25) is 0 Å². The van der Waals surface area contributed by atoms with Gasteiger partial charge in [-0.15, -0.1) is 0 Å². The van der Waals surface area contributed by atoms with Crippen molar-refractivity contribution in [1.82, 2.24) is 13.4 Å². The molecule has 1 fully saturated rings. The van der Waals surface area contributed by atoms with Crippen LogP contribution in [0.25, 0.3) is 5.69 Å². The highest BCUT2D eigenvalue weighted by molar-refractivity contribution is 7.90. The second kappa shape index (κ2) is 9.98. The zero-order chi connectivity index (χ0) is 27.0. The van der Waals surface area contributed by atoms with Crippen LogP contribution in [0.1, 0.15) is 27.2 Å². The van der Waals surface area contributed by atoms with Crippen molar-refractivity contribution >= 4 is 21.6 Å². The van der Waals surface area contributed by atoms with Gasteiger partial charge in [0.1, 0.15) is 5.69 Å². The molecule has 1 aliphatic rings. The lowest BCUT2D eigenvalue weighted by Gasteiger charge is -2.37. The van der Waals surface area contributed by atoms with Gasteiger partial charge in [0, 0.05) is 31.9 Å². The number of nitrogens with zero attached hydrogens (tertiary/aromatic N) is 4. The maximum atomic E-state index is 13.8. The average molecular weight is 531 g/mol. The molecule has 0 N–H and O–H groups in total. The van der Waals surface area contributed by atoms with E-state index < -0.39 is 15.7 Å². The molecule has 0 saturated carbocycles. The van der Waals surface area contributed by atoms with Gasteiger partial charge in [-0.2, -0.15) is 3.97 Å². The van der Waals surface area contributed by atoms with Crippen LogP contribution in [0.15, 0.2) is 88.7 Å². The van der Waals surface area contributed by atoms with Crippen LogP contribution in [0.3, 0.4) is 0 Å². The zero-order valence-electron chi connectivity index (χ0n) is 21.7. The number of para-hydroxylation sites is 1. The van der Waals surface area contributed by atoms with Crippen molar-refractivity contribution in [3.8, 4) is 5.69 Å². The molecule has 38 heavy (non-hydrogen) atoms. The summed E-state index contributed by atoms with van der Waals surface area (Å²) in [5, 5.41) is 0. The number of benzene rings is 3. The molecule has 2 heterocycles. The van der Waals surface area contributed by atoms with Gasteiger partial charge in [0.05, 0.1) is 16.8 Å². The number of piperazine rings is 1. The van der Waals surface area contributed by atoms with E-state index >= 15 is 0 Å². The monoisotopic (exact) mass is 530 g/mol. The van der Waals surface area contributed by atoms with Gasteiger partial charge in [-0.1, -0.05) is 48.0 Å². The molecule has 196 valence electrons. The van der Waals surface area contributed by atoms with Crippen LogP contribution < -0.4 is 10.6 Å². The number of imidazole rings is 1. The minimum absolute atomic E-state index is 0.0112. The van der Waals surface area contributed by atoms with E-state index in [1.165, 1.54) is 27.8 Å². The Hall–Kier alpha value is -4.11. The third kappa shape index (κ3) is 4.65. The van der Waals surface area contributed by atoms with Crippen molar-refractivity contribution in [3.63, 3.8) is 0 Å². The first-order chi connectivity index (χ1) is 18.2. The highest BCUT2D eigenvalue weighted by atomic mass is 32.2. The largest absolute Gasteiger partial charge is 0.368 e. The van der Waals surface area contributed by atoms with Crippen LogP contribution in [0.2, 0.25) is 0 Å². The molecule has 0 aliphatic carbocycles. The Morgan fingerprint density at radius 1 is 0.789 bits per heavy atom. The molecule has 0 unspecified atom stereocenters. The molecule has 0 spiro atoms. The van der Waals surface area contributed by atoms with Gasteiger partial charge < -0.3 is 9.80 Å². The molecule has 0 bridgehead atoms. The van der Waals surface area contributed by atoms with Gasteiger partial charge >= 0.3 is 5.69 Å². The van der Waals surface area contributed by atoms with Crippen LogP contribution in [-0.4, -0.2) is 53.9 Å². The predicted molar refractivity (Wildman–Crippen MR) is 148 cm³/mol. The van der Waals surface area contributed by atoms with Crippen LogP contribution in [-0.2, 0) is 10.0 Å². The van der Waals surface area contributed by atoms with Gasteiger partial charge in [-0.05, 0) is 62.2 Å². The SMILES string of the molecule is Cc1ccc(S(=O)(=O)n2cc(C(=O)N3CCN(c4cc(C)ccc4C)CC3)n(-c3ccccc3)c2=O)cc1. The smallest absolute Gasteiger partial charge is 0.347 e. The Kier molecular flexibility index (Phi) is 6.71. The summed E-state index contributed by atoms with van der Waals surface area (Å²) in [5.74, 6) is -0.385. The maximum absolute atomic E-state index is 13.8. The van der Waals surface area contributed by atoms with Gasteiger partial charge in [-0.25, -0.2) is 13.2 Å². The summed E-state index contributed by atoms with van der Waals surface area (Å²) in [6.45, 7) is 8.15. The van der Waals surface area contributed by atoms with Crippen LogP contribution in [0.5, 0.6) is 0 Å². The number of hydrogen-bond donors (Lipinski definition) is 0. The van der Waals surface area contributed by atoms with E-state index in [0.717, 1.165) is 17.4 Å². The topological polar surface area (TPSA) is 84.6 Å². The second-order valence-corrected chi connectivity index (χ2v) is 11.5. The van der Waals surface area contributed by atoms with Crippen molar-refractivity contribution in [1.29, 1.82) is 0 Å². The number of amides is 1. The quantitative estimate of drug-likeness (QED) is 0.392. The summed E-state index contributed by atoms with van der Waals surface area (Å²) in [7, 11) is -4.21. The lowest BCUT2D eigenvalue weighted by molar-refractivity contribution is 0.0738. The first-order valence-electron chi connectivity index (χ1n) is 12.5. The highest BCUT2D eigenvalue weighted by Crippen LogP contribution is 2.24. The number of carbonyl (C=O) groups is 1. The molecule has 8 nitrogen and oxygen atoms in total. The molecule has 5 rings (SSSR count). The average Bonchev–Trinajstić information content (AvgIpc) is 3.28. The first-order valence-corrected chi connectivity index (χ1v) is 13.9. The van der Waals surface area contributed by atoms with Crippen molar-refractivity contribution in [2.45, 2.75) is 25.7 Å². The Balaban J connectivity index is 1.50. The van der Waals surface area contributed by atoms with Crippen molar-refractivity contribution in [2.24, 2.45) is 0 Å². The molecular weight excluding hydrogens is 500 g/mol. The summed E-state index contributed by atoms with van der Waals surface area (Å²) in [6, 6.07) is 21.2. The zero-order valence-corrected chi connectivity index (χ0v) is 22.5. The molecule has 1 saturated heterocycles. The fourth-order valence-electron chi connectivity index (χ4n) is 4.77. The maximum Gasteiger partial charge on any atom is 0.347 e. The summed E-state index contributed by atoms with van der Waals surface area (Å²) < 4.78 is 28.7. The Morgan fingerprint density at radius 3 is 2.08 bits per heavy atom. The number of aryl methyl sites for hydroxylation is 3. The number of rotatable bonds is 5. The summed E-state index contributed by atoms with van der Waals surface area (Å²) >= 11 is 0. The van der Waals surface area contributed by atoms with Crippen LogP contribution in [0.4, 0.5) is 5.69 Å². The molecule has 0 atom stereocenters. The Bertz CT molecular complexity index is 1650. The third-order valence-corrected chi connectivity index (χ3v) is 8.59. The minimum Gasteiger partial charge on any atom is -0.368 e. The third-order valence-electron chi connectivity index (χ3n) is 6.94. The molecular formula is C29H30N4O4S. The Morgan fingerprint density at radius 2 is 1.42 bits per heavy atom. The molecule has 0 radical (unpaired) electrons. The van der Waals surface area contributed by atoms with Crippen molar-refractivity contribution in [3.05, 3.63) is 112 Å². The normalized spacial score (nSPS) is 14.1. The second-order valence-electron chi connectivity index (χ2n) is 9.65. The minimum atomic E-state index is -4.21. The molecule has 9 heteroatoms. The fraction of sp³-hybridized carbons (Fsp3) is 0.241. The standard InChI is InChI=1S/C29H30N4O4S/c1-21-10-13-25(14-11-21)38(36,37)32-20-27(33(29(32)35)24-7-5-4-6-8-24)28(34)31-17-15-30(16-18-31)26-19-22(2)9-12-23(26)3/h4-14,19-20H,15-18H2,1-3H3. The lowest BCUT2D eigenvalue weighted by atomic mass is 10.1. The number of carbonyl (C=O) groups excluding carboxylic acids is 1. The summed E-state index contributed by atoms with van der Waals surface area (Å²) in [4.78, 5) is 31.2.